The number of hydrogen-bond acceptors (Lipinski definition) is 3. The van der Waals surface area contributed by atoms with E-state index in [1.807, 2.05) is 17.0 Å². The van der Waals surface area contributed by atoms with Crippen molar-refractivity contribution in [2.45, 2.75) is 33.6 Å². The van der Waals surface area contributed by atoms with Gasteiger partial charge in [-0.15, -0.1) is 24.8 Å². The van der Waals surface area contributed by atoms with E-state index >= 15 is 0 Å². The van der Waals surface area contributed by atoms with Crippen LogP contribution in [0, 0.1) is 5.41 Å². The van der Waals surface area contributed by atoms with Crippen LogP contribution in [0.3, 0.4) is 0 Å². The van der Waals surface area contributed by atoms with Crippen LogP contribution in [0.5, 0.6) is 0 Å². The number of likely N-dealkylation sites (tertiary alicyclic amines) is 1. The second kappa shape index (κ2) is 10.1. The first kappa shape index (κ1) is 23.0. The van der Waals surface area contributed by atoms with E-state index in [9.17, 15) is 4.79 Å². The molecule has 1 heterocycles. The lowest BCUT2D eigenvalue weighted by Gasteiger charge is -2.24. The molecule has 2 rings (SSSR count). The number of anilines is 1. The highest BCUT2D eigenvalue weighted by Crippen LogP contribution is 2.29. The van der Waals surface area contributed by atoms with Crippen LogP contribution in [0.4, 0.5) is 5.69 Å². The summed E-state index contributed by atoms with van der Waals surface area (Å²) in [6.45, 7) is 10.7. The number of amides is 1. The summed E-state index contributed by atoms with van der Waals surface area (Å²) in [5, 5.41) is 0. The largest absolute Gasteiger partial charge is 0.372 e. The third-order valence-corrected chi connectivity index (χ3v) is 4.69. The van der Waals surface area contributed by atoms with Crippen LogP contribution >= 0.6 is 24.8 Å². The lowest BCUT2D eigenvalue weighted by molar-refractivity contribution is 0.0777. The Bertz CT molecular complexity index is 509. The van der Waals surface area contributed by atoms with E-state index in [2.05, 4.69) is 37.8 Å². The highest BCUT2D eigenvalue weighted by atomic mass is 35.5. The Hall–Kier alpha value is -0.970. The summed E-state index contributed by atoms with van der Waals surface area (Å²) in [6, 6.07) is 8.03. The number of carbonyl (C=O) groups excluding carboxylic acids is 1. The lowest BCUT2D eigenvalue weighted by Crippen LogP contribution is -2.34. The van der Waals surface area contributed by atoms with E-state index in [0.29, 0.717) is 6.54 Å². The Morgan fingerprint density at radius 2 is 1.88 bits per heavy atom. The number of halogens is 2. The number of nitrogens with zero attached hydrogens (tertiary/aromatic N) is 2. The number of rotatable bonds is 6. The molecule has 0 aromatic heterocycles. The number of nitrogens with two attached hydrogens (primary N) is 1. The van der Waals surface area contributed by atoms with Crippen molar-refractivity contribution in [3.8, 4) is 0 Å². The molecule has 0 bridgehead atoms. The minimum atomic E-state index is 0. The van der Waals surface area contributed by atoms with Crippen molar-refractivity contribution in [1.82, 2.24) is 4.90 Å². The van der Waals surface area contributed by atoms with Gasteiger partial charge >= 0.3 is 0 Å². The SMILES string of the molecule is CCCN(CC)c1ccc(C(=O)N2CCC(C)(CN)C2)cc1.Cl.Cl. The fourth-order valence-electron chi connectivity index (χ4n) is 3.10. The molecule has 0 radical (unpaired) electrons. The highest BCUT2D eigenvalue weighted by Gasteiger charge is 2.35. The van der Waals surface area contributed by atoms with E-state index in [4.69, 9.17) is 5.73 Å². The minimum Gasteiger partial charge on any atom is -0.372 e. The molecule has 1 saturated heterocycles. The molecule has 2 N–H and O–H groups in total. The molecule has 0 saturated carbocycles. The molecular formula is C18H31Cl2N3O. The van der Waals surface area contributed by atoms with Crippen molar-refractivity contribution in [3.63, 3.8) is 0 Å². The van der Waals surface area contributed by atoms with Crippen LogP contribution in [0.25, 0.3) is 0 Å². The summed E-state index contributed by atoms with van der Waals surface area (Å²) in [5.41, 5.74) is 7.87. The Kier molecular flexibility index (Phi) is 9.71. The average molecular weight is 376 g/mol. The zero-order chi connectivity index (χ0) is 16.2. The van der Waals surface area contributed by atoms with Gasteiger partial charge in [-0.2, -0.15) is 0 Å². The summed E-state index contributed by atoms with van der Waals surface area (Å²) in [4.78, 5) is 16.9. The fraction of sp³-hybridized carbons (Fsp3) is 0.611. The van der Waals surface area contributed by atoms with Crippen molar-refractivity contribution in [1.29, 1.82) is 0 Å². The summed E-state index contributed by atoms with van der Waals surface area (Å²) in [7, 11) is 0. The van der Waals surface area contributed by atoms with Crippen LogP contribution in [-0.4, -0.2) is 43.5 Å². The first-order valence-electron chi connectivity index (χ1n) is 8.37. The Balaban J connectivity index is 0.00000264. The minimum absolute atomic E-state index is 0. The molecule has 4 nitrogen and oxygen atoms in total. The predicted octanol–water partition coefficient (Wildman–Crippen LogP) is 3.58. The highest BCUT2D eigenvalue weighted by molar-refractivity contribution is 5.94. The van der Waals surface area contributed by atoms with E-state index in [1.54, 1.807) is 0 Å². The maximum Gasteiger partial charge on any atom is 0.253 e. The third-order valence-electron chi connectivity index (χ3n) is 4.69. The molecule has 1 aliphatic heterocycles. The second-order valence-corrected chi connectivity index (χ2v) is 6.62. The van der Waals surface area contributed by atoms with E-state index in [0.717, 1.165) is 44.6 Å². The molecule has 1 amide bonds. The van der Waals surface area contributed by atoms with Crippen LogP contribution in [-0.2, 0) is 0 Å². The quantitative estimate of drug-likeness (QED) is 0.826. The van der Waals surface area contributed by atoms with Gasteiger partial charge in [0.05, 0.1) is 0 Å². The zero-order valence-electron chi connectivity index (χ0n) is 15.0. The predicted molar refractivity (Wildman–Crippen MR) is 107 cm³/mol. The third kappa shape index (κ3) is 5.27. The van der Waals surface area contributed by atoms with Crippen molar-refractivity contribution in [2.75, 3.05) is 37.6 Å². The molecule has 138 valence electrons. The van der Waals surface area contributed by atoms with Crippen molar-refractivity contribution < 1.29 is 4.79 Å². The van der Waals surface area contributed by atoms with Gasteiger partial charge in [0.25, 0.3) is 5.91 Å². The van der Waals surface area contributed by atoms with Crippen molar-refractivity contribution in [3.05, 3.63) is 29.8 Å². The molecule has 1 fully saturated rings. The van der Waals surface area contributed by atoms with Crippen LogP contribution in [0.2, 0.25) is 0 Å². The van der Waals surface area contributed by atoms with Crippen molar-refractivity contribution >= 4 is 36.4 Å². The molecule has 6 heteroatoms. The topological polar surface area (TPSA) is 49.6 Å². The van der Waals surface area contributed by atoms with Gasteiger partial charge in [-0.25, -0.2) is 0 Å². The van der Waals surface area contributed by atoms with E-state index in [1.165, 1.54) is 5.69 Å². The maximum atomic E-state index is 12.6. The summed E-state index contributed by atoms with van der Waals surface area (Å²) < 4.78 is 0. The number of carbonyl (C=O) groups is 1. The van der Waals surface area contributed by atoms with Crippen molar-refractivity contribution in [2.24, 2.45) is 11.1 Å². The average Bonchev–Trinajstić information content (AvgIpc) is 2.95. The first-order chi connectivity index (χ1) is 10.5. The molecule has 1 aliphatic rings. The Morgan fingerprint density at radius 1 is 1.25 bits per heavy atom. The smallest absolute Gasteiger partial charge is 0.253 e. The van der Waals surface area contributed by atoms with Crippen LogP contribution < -0.4 is 10.6 Å². The van der Waals surface area contributed by atoms with Gasteiger partial charge in [0.2, 0.25) is 0 Å². The lowest BCUT2D eigenvalue weighted by atomic mass is 9.90. The molecule has 24 heavy (non-hydrogen) atoms. The molecule has 0 aliphatic carbocycles. The molecule has 0 spiro atoms. The van der Waals surface area contributed by atoms with Gasteiger partial charge in [-0.05, 0) is 56.0 Å². The van der Waals surface area contributed by atoms with Gasteiger partial charge in [0.1, 0.15) is 0 Å². The van der Waals surface area contributed by atoms with Gasteiger partial charge in [-0.1, -0.05) is 13.8 Å². The normalized spacial score (nSPS) is 19.4. The molecule has 1 aromatic carbocycles. The Morgan fingerprint density at radius 3 is 2.33 bits per heavy atom. The fourth-order valence-corrected chi connectivity index (χ4v) is 3.10. The standard InChI is InChI=1S/C18H29N3O.2ClH/c1-4-11-20(5-2)16-8-6-15(7-9-16)17(22)21-12-10-18(3,13-19)14-21;;/h6-9H,4-5,10-14,19H2,1-3H3;2*1H. The first-order valence-corrected chi connectivity index (χ1v) is 8.37. The number of hydrogen-bond donors (Lipinski definition) is 1. The maximum absolute atomic E-state index is 12.6. The molecular weight excluding hydrogens is 345 g/mol. The van der Waals surface area contributed by atoms with Crippen LogP contribution in [0.15, 0.2) is 24.3 Å². The Labute approximate surface area is 158 Å². The van der Waals surface area contributed by atoms with Gasteiger partial charge < -0.3 is 15.5 Å². The van der Waals surface area contributed by atoms with Gasteiger partial charge in [0, 0.05) is 37.4 Å². The number of benzene rings is 1. The molecule has 1 unspecified atom stereocenters. The van der Waals surface area contributed by atoms with Gasteiger partial charge in [0.15, 0.2) is 0 Å². The van der Waals surface area contributed by atoms with Gasteiger partial charge in [-0.3, -0.25) is 4.79 Å². The second-order valence-electron chi connectivity index (χ2n) is 6.62. The molecule has 1 atom stereocenters. The summed E-state index contributed by atoms with van der Waals surface area (Å²) in [6.07, 6.45) is 2.12. The van der Waals surface area contributed by atoms with E-state index < -0.39 is 0 Å². The zero-order valence-corrected chi connectivity index (χ0v) is 16.6. The monoisotopic (exact) mass is 375 g/mol. The summed E-state index contributed by atoms with van der Waals surface area (Å²) >= 11 is 0. The molecule has 1 aromatic rings. The summed E-state index contributed by atoms with van der Waals surface area (Å²) in [5.74, 6) is 0.127. The van der Waals surface area contributed by atoms with E-state index in [-0.39, 0.29) is 36.1 Å². The van der Waals surface area contributed by atoms with Crippen LogP contribution in [0.1, 0.15) is 44.0 Å².